The third kappa shape index (κ3) is 5.10. The largest absolute Gasteiger partial charge is 0.372 e. The molecule has 2 aliphatic rings. The van der Waals surface area contributed by atoms with Crippen LogP contribution < -0.4 is 16.1 Å². The van der Waals surface area contributed by atoms with E-state index in [9.17, 15) is 14.0 Å². The first-order chi connectivity index (χ1) is 15.0. The Morgan fingerprint density at radius 2 is 2.16 bits per heavy atom. The van der Waals surface area contributed by atoms with E-state index in [2.05, 4.69) is 21.2 Å². The third-order valence-electron chi connectivity index (χ3n) is 5.31. The van der Waals surface area contributed by atoms with Gasteiger partial charge in [0.05, 0.1) is 29.9 Å². The molecule has 1 saturated heterocycles. The molecule has 1 fully saturated rings. The number of carbonyl (C=O) groups is 2. The van der Waals surface area contributed by atoms with Gasteiger partial charge >= 0.3 is 0 Å². The Labute approximate surface area is 184 Å². The number of nitrogens with one attached hydrogen (secondary N) is 3. The Balaban J connectivity index is 1.45. The Morgan fingerprint density at radius 3 is 2.94 bits per heavy atom. The molecule has 162 valence electrons. The quantitative estimate of drug-likeness (QED) is 0.660. The number of hydrogen-bond acceptors (Lipinski definition) is 5. The van der Waals surface area contributed by atoms with Crippen LogP contribution in [0.4, 0.5) is 4.39 Å². The molecule has 0 bridgehead atoms. The second kappa shape index (κ2) is 9.55. The van der Waals surface area contributed by atoms with Crippen molar-refractivity contribution >= 4 is 29.1 Å². The predicted octanol–water partition coefficient (Wildman–Crippen LogP) is 2.41. The van der Waals surface area contributed by atoms with Crippen LogP contribution in [-0.2, 0) is 9.53 Å². The number of rotatable bonds is 5. The standard InChI is InChI=1S/C22H22ClFN4O3/c23-17-5-4-14(9-18(17)24)21-16(11-25-6-7-31-21)12-26-22(30)15-3-1-2-13(8-15)19-10-20(29)28-27-19/h1-5,8-9,16,21,25H,6-7,10-12H2,(H,26,30)(H,28,29)/t16-,21-/m0/s1. The smallest absolute Gasteiger partial charge is 0.251 e. The van der Waals surface area contributed by atoms with E-state index in [1.54, 1.807) is 24.3 Å². The lowest BCUT2D eigenvalue weighted by Crippen LogP contribution is -2.36. The molecule has 0 aliphatic carbocycles. The van der Waals surface area contributed by atoms with Crippen molar-refractivity contribution in [2.75, 3.05) is 26.2 Å². The van der Waals surface area contributed by atoms with Gasteiger partial charge in [0.15, 0.2) is 0 Å². The maximum absolute atomic E-state index is 14.0. The summed E-state index contributed by atoms with van der Waals surface area (Å²) in [6, 6.07) is 11.6. The van der Waals surface area contributed by atoms with Crippen LogP contribution in [0.15, 0.2) is 47.6 Å². The summed E-state index contributed by atoms with van der Waals surface area (Å²) in [5.41, 5.74) is 4.89. The van der Waals surface area contributed by atoms with E-state index in [1.807, 2.05) is 6.07 Å². The van der Waals surface area contributed by atoms with Crippen LogP contribution in [0, 0.1) is 11.7 Å². The molecule has 7 nitrogen and oxygen atoms in total. The highest BCUT2D eigenvalue weighted by atomic mass is 35.5. The molecule has 4 rings (SSSR count). The third-order valence-corrected chi connectivity index (χ3v) is 5.62. The lowest BCUT2D eigenvalue weighted by molar-refractivity contribution is -0.119. The minimum atomic E-state index is -0.498. The number of ether oxygens (including phenoxy) is 1. The predicted molar refractivity (Wildman–Crippen MR) is 115 cm³/mol. The van der Waals surface area contributed by atoms with Crippen molar-refractivity contribution in [3.05, 3.63) is 70.0 Å². The van der Waals surface area contributed by atoms with Crippen LogP contribution in [0.3, 0.4) is 0 Å². The highest BCUT2D eigenvalue weighted by Gasteiger charge is 2.27. The summed E-state index contributed by atoms with van der Waals surface area (Å²) in [5, 5.41) is 10.3. The molecule has 2 aliphatic heterocycles. The molecule has 3 N–H and O–H groups in total. The topological polar surface area (TPSA) is 91.8 Å². The van der Waals surface area contributed by atoms with Crippen LogP contribution in [0.25, 0.3) is 0 Å². The zero-order chi connectivity index (χ0) is 21.8. The summed E-state index contributed by atoms with van der Waals surface area (Å²) in [4.78, 5) is 24.2. The molecule has 0 aromatic heterocycles. The van der Waals surface area contributed by atoms with Gasteiger partial charge in [-0.15, -0.1) is 0 Å². The van der Waals surface area contributed by atoms with Crippen molar-refractivity contribution in [2.45, 2.75) is 12.5 Å². The van der Waals surface area contributed by atoms with E-state index >= 15 is 0 Å². The van der Waals surface area contributed by atoms with Crippen molar-refractivity contribution in [1.82, 2.24) is 16.1 Å². The molecular formula is C22H22ClFN4O3. The fourth-order valence-corrected chi connectivity index (χ4v) is 3.84. The molecule has 0 spiro atoms. The zero-order valence-electron chi connectivity index (χ0n) is 16.7. The van der Waals surface area contributed by atoms with Crippen LogP contribution in [-0.4, -0.2) is 43.8 Å². The average Bonchev–Trinajstić information content (AvgIpc) is 3.07. The molecule has 2 aromatic carbocycles. The molecule has 2 heterocycles. The molecule has 0 unspecified atom stereocenters. The van der Waals surface area contributed by atoms with E-state index in [1.165, 1.54) is 12.1 Å². The highest BCUT2D eigenvalue weighted by Crippen LogP contribution is 2.29. The van der Waals surface area contributed by atoms with Crippen LogP contribution >= 0.6 is 11.6 Å². The van der Waals surface area contributed by atoms with E-state index in [0.29, 0.717) is 43.1 Å². The van der Waals surface area contributed by atoms with Gasteiger partial charge in [-0.05, 0) is 35.4 Å². The van der Waals surface area contributed by atoms with Crippen LogP contribution in [0.5, 0.6) is 0 Å². The van der Waals surface area contributed by atoms with E-state index in [-0.39, 0.29) is 35.3 Å². The van der Waals surface area contributed by atoms with Crippen molar-refractivity contribution in [1.29, 1.82) is 0 Å². The highest BCUT2D eigenvalue weighted by molar-refractivity contribution is 6.30. The summed E-state index contributed by atoms with van der Waals surface area (Å²) >= 11 is 5.81. The Morgan fingerprint density at radius 1 is 1.29 bits per heavy atom. The van der Waals surface area contributed by atoms with Gasteiger partial charge in [0.1, 0.15) is 5.82 Å². The SMILES string of the molecule is O=C1CC(c2cccc(C(=O)NC[C@@H]3CNCCO[C@H]3c3ccc(Cl)c(F)c3)c2)=NN1. The summed E-state index contributed by atoms with van der Waals surface area (Å²) in [6.07, 6.45) is -0.187. The van der Waals surface area contributed by atoms with Crippen molar-refractivity contribution in [2.24, 2.45) is 11.0 Å². The fourth-order valence-electron chi connectivity index (χ4n) is 3.72. The number of benzene rings is 2. The lowest BCUT2D eigenvalue weighted by Gasteiger charge is -2.25. The first kappa shape index (κ1) is 21.4. The summed E-state index contributed by atoms with van der Waals surface area (Å²) in [5.74, 6) is -1.01. The number of nitrogens with zero attached hydrogens (tertiary/aromatic N) is 1. The minimum absolute atomic E-state index is 0.0593. The van der Waals surface area contributed by atoms with Crippen molar-refractivity contribution in [3.63, 3.8) is 0 Å². The Hall–Kier alpha value is -2.81. The molecule has 31 heavy (non-hydrogen) atoms. The zero-order valence-corrected chi connectivity index (χ0v) is 17.4. The van der Waals surface area contributed by atoms with Gasteiger partial charge in [0, 0.05) is 31.1 Å². The summed E-state index contributed by atoms with van der Waals surface area (Å²) in [6.45, 7) is 2.11. The van der Waals surface area contributed by atoms with Gasteiger partial charge in [0.2, 0.25) is 5.91 Å². The van der Waals surface area contributed by atoms with Gasteiger partial charge in [-0.2, -0.15) is 5.10 Å². The fraction of sp³-hybridized carbons (Fsp3) is 0.318. The Bertz CT molecular complexity index is 1030. The second-order valence-electron chi connectivity index (χ2n) is 7.49. The first-order valence-corrected chi connectivity index (χ1v) is 10.4. The maximum Gasteiger partial charge on any atom is 0.251 e. The van der Waals surface area contributed by atoms with Gasteiger partial charge in [-0.1, -0.05) is 29.8 Å². The maximum atomic E-state index is 14.0. The van der Waals surface area contributed by atoms with Crippen molar-refractivity contribution in [3.8, 4) is 0 Å². The van der Waals surface area contributed by atoms with Gasteiger partial charge in [-0.3, -0.25) is 9.59 Å². The molecule has 2 aromatic rings. The van der Waals surface area contributed by atoms with Gasteiger partial charge in [-0.25, -0.2) is 9.82 Å². The second-order valence-corrected chi connectivity index (χ2v) is 7.90. The summed E-state index contributed by atoms with van der Waals surface area (Å²) < 4.78 is 19.9. The summed E-state index contributed by atoms with van der Waals surface area (Å²) in [7, 11) is 0. The van der Waals surface area contributed by atoms with E-state index in [0.717, 1.165) is 5.56 Å². The number of carbonyl (C=O) groups excluding carboxylic acids is 2. The van der Waals surface area contributed by atoms with Crippen LogP contribution in [0.1, 0.15) is 34.0 Å². The van der Waals surface area contributed by atoms with Crippen LogP contribution in [0.2, 0.25) is 5.02 Å². The lowest BCUT2D eigenvalue weighted by atomic mass is 9.95. The molecule has 9 heteroatoms. The monoisotopic (exact) mass is 444 g/mol. The number of halogens is 2. The Kier molecular flexibility index (Phi) is 6.60. The van der Waals surface area contributed by atoms with Crippen molar-refractivity contribution < 1.29 is 18.7 Å². The molecule has 2 amide bonds. The molecular weight excluding hydrogens is 423 g/mol. The average molecular weight is 445 g/mol. The number of amides is 2. The number of hydrazone groups is 1. The van der Waals surface area contributed by atoms with Gasteiger partial charge < -0.3 is 15.4 Å². The molecule has 2 atom stereocenters. The molecule has 0 radical (unpaired) electrons. The number of hydrogen-bond donors (Lipinski definition) is 3. The van der Waals surface area contributed by atoms with E-state index in [4.69, 9.17) is 16.3 Å². The molecule has 0 saturated carbocycles. The first-order valence-electron chi connectivity index (χ1n) is 10.0. The van der Waals surface area contributed by atoms with E-state index < -0.39 is 5.82 Å². The van der Waals surface area contributed by atoms with Gasteiger partial charge in [0.25, 0.3) is 5.91 Å². The minimum Gasteiger partial charge on any atom is -0.372 e. The normalized spacial score (nSPS) is 21.2.